The molecule has 0 saturated carbocycles. The molecule has 0 spiro atoms. The van der Waals surface area contributed by atoms with E-state index in [1.165, 1.54) is 0 Å². The Bertz CT molecular complexity index is 1220. The third-order valence-electron chi connectivity index (χ3n) is 5.71. The lowest BCUT2D eigenvalue weighted by atomic mass is 9.60. The Morgan fingerprint density at radius 2 is 1.62 bits per heavy atom. The van der Waals surface area contributed by atoms with E-state index in [1.807, 2.05) is 0 Å². The second-order valence-corrected chi connectivity index (χ2v) is 7.17. The number of aliphatic hydroxyl groups excluding tert-OH is 1. The molecular formula is C17H14N4O13. The predicted molar refractivity (Wildman–Crippen MR) is 103 cm³/mol. The van der Waals surface area contributed by atoms with Crippen molar-refractivity contribution in [3.8, 4) is 0 Å². The van der Waals surface area contributed by atoms with Crippen molar-refractivity contribution >= 4 is 29.0 Å². The molecule has 0 aromatic heterocycles. The lowest BCUT2D eigenvalue weighted by Crippen LogP contribution is -2.56. The molecule has 0 radical (unpaired) electrons. The summed E-state index contributed by atoms with van der Waals surface area (Å²) in [4.78, 5) is 56.1. The van der Waals surface area contributed by atoms with Crippen LogP contribution in [0.5, 0.6) is 0 Å². The van der Waals surface area contributed by atoms with E-state index in [2.05, 4.69) is 9.47 Å². The number of hydrogen-bond donors (Lipinski definition) is 2. The molecule has 2 N–H and O–H groups in total. The first-order chi connectivity index (χ1) is 15.9. The monoisotopic (exact) mass is 482 g/mol. The zero-order chi connectivity index (χ0) is 25.6. The molecule has 0 unspecified atom stereocenters. The number of hydrogen-bond acceptors (Lipinski definition) is 13. The van der Waals surface area contributed by atoms with Crippen LogP contribution in [-0.2, 0) is 19.1 Å². The lowest BCUT2D eigenvalue weighted by molar-refractivity contribution is -0.728. The summed E-state index contributed by atoms with van der Waals surface area (Å²) in [5.74, 6) is -10.0. The number of fused-ring (bicyclic) bond motifs is 4. The maximum atomic E-state index is 12.6. The van der Waals surface area contributed by atoms with Gasteiger partial charge in [0.05, 0.1) is 41.6 Å². The molecule has 34 heavy (non-hydrogen) atoms. The molecule has 17 heteroatoms. The number of nitrogens with zero attached hydrogens (tertiary/aromatic N) is 4. The van der Waals surface area contributed by atoms with Crippen molar-refractivity contribution < 1.29 is 49.0 Å². The number of methoxy groups -OCH3 is 2. The third-order valence-corrected chi connectivity index (χ3v) is 5.71. The average molecular weight is 482 g/mol. The van der Waals surface area contributed by atoms with Gasteiger partial charge in [0, 0.05) is 15.9 Å². The maximum Gasteiger partial charge on any atom is 0.338 e. The predicted octanol–water partition coefficient (Wildman–Crippen LogP) is 0.338. The summed E-state index contributed by atoms with van der Waals surface area (Å²) in [6, 6.07) is -1.10. The number of carbonyl (C=O) groups excluding carboxylic acids is 2. The molecule has 180 valence electrons. The molecule has 2 aliphatic rings. The minimum atomic E-state index is -2.18. The van der Waals surface area contributed by atoms with E-state index in [4.69, 9.17) is 0 Å². The highest BCUT2D eigenvalue weighted by Crippen LogP contribution is 2.53. The van der Waals surface area contributed by atoms with Crippen molar-refractivity contribution in [1.82, 2.24) is 0 Å². The molecule has 1 aromatic rings. The highest BCUT2D eigenvalue weighted by atomic mass is 16.8. The van der Waals surface area contributed by atoms with Crippen LogP contribution in [0.15, 0.2) is 23.5 Å². The smallest absolute Gasteiger partial charge is 0.338 e. The number of ether oxygens (including phenoxy) is 2. The first-order valence-corrected chi connectivity index (χ1v) is 9.11. The summed E-state index contributed by atoms with van der Waals surface area (Å²) >= 11 is 0. The highest BCUT2D eigenvalue weighted by molar-refractivity contribution is 6.10. The van der Waals surface area contributed by atoms with Crippen LogP contribution in [-0.4, -0.2) is 67.9 Å². The van der Waals surface area contributed by atoms with Crippen LogP contribution < -0.4 is 0 Å². The Labute approximate surface area is 187 Å². The molecular weight excluding hydrogens is 468 g/mol. The van der Waals surface area contributed by atoms with Gasteiger partial charge in [-0.15, -0.1) is 0 Å². The molecule has 17 nitrogen and oxygen atoms in total. The van der Waals surface area contributed by atoms with Gasteiger partial charge in [-0.3, -0.25) is 40.3 Å². The fourth-order valence-electron chi connectivity index (χ4n) is 4.51. The summed E-state index contributed by atoms with van der Waals surface area (Å²) in [6.07, 6.45) is 0. The topological polar surface area (TPSA) is 249 Å². The molecule has 2 bridgehead atoms. The van der Waals surface area contributed by atoms with Crippen LogP contribution in [0.4, 0.5) is 11.4 Å². The number of non-ortho nitro benzene ring substituents is 1. The number of nitro benzene ring substituents is 2. The number of nitro groups is 3. The first kappa shape index (κ1) is 23.8. The van der Waals surface area contributed by atoms with E-state index in [9.17, 15) is 55.5 Å². The summed E-state index contributed by atoms with van der Waals surface area (Å²) in [7, 11) is 1.67. The van der Waals surface area contributed by atoms with Crippen molar-refractivity contribution in [1.29, 1.82) is 0 Å². The van der Waals surface area contributed by atoms with Gasteiger partial charge in [0.25, 0.3) is 17.1 Å². The Balaban J connectivity index is 2.63. The Hall–Kier alpha value is -4.83. The van der Waals surface area contributed by atoms with Gasteiger partial charge >= 0.3 is 11.9 Å². The van der Waals surface area contributed by atoms with Gasteiger partial charge < -0.3 is 19.8 Å². The van der Waals surface area contributed by atoms with Crippen molar-refractivity contribution in [2.45, 2.75) is 12.0 Å². The molecule has 0 saturated heterocycles. The van der Waals surface area contributed by atoms with Crippen LogP contribution in [0, 0.1) is 47.4 Å². The fourth-order valence-corrected chi connectivity index (χ4v) is 4.51. The standard InChI is InChI=1S/C17H14N4O13/c1-33-16(23)11-9-6-3-5(18(25)26)4-7(19(27)28)8(6)13(20(29)30)10(14(9)21(31)32)12(15(11)22)17(24)34-2/h3-4,9-10,12,14,22H,1-2H3,(H,29,30)/t9-,10+,12-,14+/m0/s1. The van der Waals surface area contributed by atoms with Crippen LogP contribution in [0.25, 0.3) is 0 Å². The Kier molecular flexibility index (Phi) is 5.79. The number of rotatable bonds is 5. The van der Waals surface area contributed by atoms with E-state index in [0.717, 1.165) is 14.2 Å². The van der Waals surface area contributed by atoms with Crippen LogP contribution in [0.1, 0.15) is 17.0 Å². The van der Waals surface area contributed by atoms with Crippen molar-refractivity contribution in [3.63, 3.8) is 0 Å². The lowest BCUT2D eigenvalue weighted by Gasteiger charge is -2.39. The van der Waals surface area contributed by atoms with E-state index in [0.29, 0.717) is 12.1 Å². The van der Waals surface area contributed by atoms with E-state index in [1.54, 1.807) is 0 Å². The quantitative estimate of drug-likeness (QED) is 0.189. The number of esters is 2. The zero-order valence-corrected chi connectivity index (χ0v) is 17.1. The molecule has 4 atom stereocenters. The highest BCUT2D eigenvalue weighted by Gasteiger charge is 2.66. The zero-order valence-electron chi connectivity index (χ0n) is 17.1. The summed E-state index contributed by atoms with van der Waals surface area (Å²) < 4.78 is 9.10. The van der Waals surface area contributed by atoms with Gasteiger partial charge in [0.15, 0.2) is 0 Å². The Morgan fingerprint density at radius 1 is 1.00 bits per heavy atom. The number of carbonyl (C=O) groups is 2. The van der Waals surface area contributed by atoms with E-state index in [-0.39, 0.29) is 0 Å². The van der Waals surface area contributed by atoms with Crippen LogP contribution in [0.2, 0.25) is 0 Å². The van der Waals surface area contributed by atoms with Gasteiger partial charge in [-0.05, 0) is 5.56 Å². The SMILES string of the molecule is COC(=O)C1=C(O)[C@@H](C(=O)OC)[C@@H]2C(=[N+]([O-])O)c3c(cc([N+](=O)[O-])cc3[N+](=O)[O-])[C@@H]1[C@H]2[N+](=O)[O-]. The van der Waals surface area contributed by atoms with Gasteiger partial charge in [0.2, 0.25) is 6.04 Å². The summed E-state index contributed by atoms with van der Waals surface area (Å²) in [5.41, 5.74) is -5.47. The number of aliphatic hydroxyl groups is 1. The van der Waals surface area contributed by atoms with Gasteiger partial charge in [0.1, 0.15) is 23.2 Å². The van der Waals surface area contributed by atoms with Gasteiger partial charge in [-0.2, -0.15) is 0 Å². The second kappa shape index (κ2) is 8.26. The minimum absolute atomic E-state index is 0.444. The van der Waals surface area contributed by atoms with Gasteiger partial charge in [-0.1, -0.05) is 0 Å². The average Bonchev–Trinajstić information content (AvgIpc) is 2.76. The first-order valence-electron chi connectivity index (χ1n) is 9.11. The van der Waals surface area contributed by atoms with Crippen LogP contribution in [0.3, 0.4) is 0 Å². The van der Waals surface area contributed by atoms with Crippen molar-refractivity contribution in [3.05, 3.63) is 70.1 Å². The van der Waals surface area contributed by atoms with E-state index >= 15 is 0 Å². The largest absolute Gasteiger partial charge is 0.511 e. The molecule has 0 fully saturated rings. The van der Waals surface area contributed by atoms with Crippen molar-refractivity contribution in [2.24, 2.45) is 11.8 Å². The van der Waals surface area contributed by atoms with E-state index < -0.39 is 95.0 Å². The Morgan fingerprint density at radius 3 is 2.06 bits per heavy atom. The van der Waals surface area contributed by atoms with Crippen LogP contribution >= 0.6 is 0 Å². The normalized spacial score (nSPS) is 24.5. The molecule has 0 amide bonds. The summed E-state index contributed by atoms with van der Waals surface area (Å²) in [5, 5.41) is 68.0. The fraction of sp³-hybridized carbons (Fsp3) is 0.353. The van der Waals surface area contributed by atoms with Crippen molar-refractivity contribution in [2.75, 3.05) is 14.2 Å². The third kappa shape index (κ3) is 3.29. The summed E-state index contributed by atoms with van der Waals surface area (Å²) in [6.45, 7) is 0. The molecule has 0 aliphatic heterocycles. The van der Waals surface area contributed by atoms with Gasteiger partial charge in [-0.25, -0.2) is 4.79 Å². The molecule has 2 aliphatic carbocycles. The number of benzene rings is 1. The second-order valence-electron chi connectivity index (χ2n) is 7.17. The molecule has 3 rings (SSSR count). The minimum Gasteiger partial charge on any atom is -0.511 e. The maximum absolute atomic E-state index is 12.6. The molecule has 0 heterocycles. The molecule has 1 aromatic carbocycles.